The molecular formula is C13H15F2N. The van der Waals surface area contributed by atoms with Gasteiger partial charge in [0.1, 0.15) is 0 Å². The van der Waals surface area contributed by atoms with Crippen LogP contribution in [0, 0.1) is 0 Å². The monoisotopic (exact) mass is 223 g/mol. The van der Waals surface area contributed by atoms with Crippen LogP contribution >= 0.6 is 0 Å². The van der Waals surface area contributed by atoms with E-state index >= 15 is 0 Å². The molecule has 0 aromatic heterocycles. The van der Waals surface area contributed by atoms with Gasteiger partial charge in [-0.3, -0.25) is 0 Å². The fourth-order valence-electron chi connectivity index (χ4n) is 3.00. The van der Waals surface area contributed by atoms with E-state index in [1.165, 1.54) is 5.57 Å². The van der Waals surface area contributed by atoms with Crippen molar-refractivity contribution < 1.29 is 8.78 Å². The van der Waals surface area contributed by atoms with Gasteiger partial charge in [-0.15, -0.1) is 0 Å². The summed E-state index contributed by atoms with van der Waals surface area (Å²) in [6.07, 6.45) is 7.11. The second-order valence-electron chi connectivity index (χ2n) is 4.85. The summed E-state index contributed by atoms with van der Waals surface area (Å²) in [6.45, 7) is 2.48. The molecule has 0 radical (unpaired) electrons. The second kappa shape index (κ2) is 3.19. The Morgan fingerprint density at radius 2 is 2.25 bits per heavy atom. The van der Waals surface area contributed by atoms with E-state index in [2.05, 4.69) is 17.1 Å². The van der Waals surface area contributed by atoms with E-state index in [4.69, 9.17) is 0 Å². The van der Waals surface area contributed by atoms with Crippen LogP contribution in [0.4, 0.5) is 8.78 Å². The standard InChI is InChI=1S/C13H15F2N/c1-9-10-4-2-3-5-11(10)16-7-6-13(14,15)8-12(9)16/h2-4,11H,5-8H2,1H3. The Balaban J connectivity index is 2.00. The number of rotatable bonds is 0. The smallest absolute Gasteiger partial charge is 0.255 e. The van der Waals surface area contributed by atoms with Crippen molar-refractivity contribution in [2.75, 3.05) is 6.54 Å². The van der Waals surface area contributed by atoms with Crippen LogP contribution in [0.1, 0.15) is 26.2 Å². The van der Waals surface area contributed by atoms with Gasteiger partial charge in [-0.05, 0) is 24.5 Å². The molecule has 1 unspecified atom stereocenters. The van der Waals surface area contributed by atoms with Crippen molar-refractivity contribution in [3.63, 3.8) is 0 Å². The van der Waals surface area contributed by atoms with Gasteiger partial charge in [0, 0.05) is 18.7 Å². The van der Waals surface area contributed by atoms with Crippen LogP contribution in [0.2, 0.25) is 0 Å². The summed E-state index contributed by atoms with van der Waals surface area (Å²) in [4.78, 5) is 2.18. The van der Waals surface area contributed by atoms with Gasteiger partial charge < -0.3 is 4.90 Å². The average molecular weight is 223 g/mol. The number of hydrogen-bond acceptors (Lipinski definition) is 1. The maximum atomic E-state index is 13.4. The Morgan fingerprint density at radius 1 is 1.44 bits per heavy atom. The second-order valence-corrected chi connectivity index (χ2v) is 4.85. The molecular weight excluding hydrogens is 208 g/mol. The fourth-order valence-corrected chi connectivity index (χ4v) is 3.00. The molecule has 1 saturated heterocycles. The third kappa shape index (κ3) is 1.34. The predicted molar refractivity (Wildman–Crippen MR) is 59.2 cm³/mol. The molecule has 3 rings (SSSR count). The van der Waals surface area contributed by atoms with Crippen LogP contribution in [0.3, 0.4) is 0 Å². The first kappa shape index (κ1) is 10.1. The van der Waals surface area contributed by atoms with Gasteiger partial charge in [0.25, 0.3) is 5.92 Å². The molecule has 3 heteroatoms. The van der Waals surface area contributed by atoms with Gasteiger partial charge in [0.05, 0.1) is 12.5 Å². The minimum atomic E-state index is -2.51. The Labute approximate surface area is 94.1 Å². The molecule has 86 valence electrons. The van der Waals surface area contributed by atoms with Crippen LogP contribution in [0.5, 0.6) is 0 Å². The molecule has 0 N–H and O–H groups in total. The summed E-state index contributed by atoms with van der Waals surface area (Å²) in [5, 5.41) is 0. The van der Waals surface area contributed by atoms with Crippen LogP contribution in [-0.4, -0.2) is 23.4 Å². The number of halogens is 2. The van der Waals surface area contributed by atoms with E-state index in [9.17, 15) is 8.78 Å². The molecule has 1 atom stereocenters. The van der Waals surface area contributed by atoms with Gasteiger partial charge in [0.2, 0.25) is 0 Å². The van der Waals surface area contributed by atoms with Crippen molar-refractivity contribution in [2.24, 2.45) is 0 Å². The Bertz CT molecular complexity index is 418. The molecule has 0 amide bonds. The molecule has 0 bridgehead atoms. The summed E-state index contributed by atoms with van der Waals surface area (Å²) < 4.78 is 26.8. The van der Waals surface area contributed by atoms with E-state index in [0.29, 0.717) is 12.6 Å². The number of alkyl halides is 2. The molecule has 0 spiro atoms. The van der Waals surface area contributed by atoms with E-state index in [1.54, 1.807) is 0 Å². The first-order valence-electron chi connectivity index (χ1n) is 5.80. The number of allylic oxidation sites excluding steroid dienone is 3. The quantitative estimate of drug-likeness (QED) is 0.609. The zero-order valence-electron chi connectivity index (χ0n) is 9.34. The first-order chi connectivity index (χ1) is 7.58. The first-order valence-corrected chi connectivity index (χ1v) is 5.80. The summed E-state index contributed by atoms with van der Waals surface area (Å²) in [5.74, 6) is -2.51. The summed E-state index contributed by atoms with van der Waals surface area (Å²) >= 11 is 0. The van der Waals surface area contributed by atoms with Gasteiger partial charge in [-0.25, -0.2) is 8.78 Å². The Morgan fingerprint density at radius 3 is 3.06 bits per heavy atom. The van der Waals surface area contributed by atoms with E-state index < -0.39 is 5.92 Å². The number of hydrogen-bond donors (Lipinski definition) is 0. The summed E-state index contributed by atoms with van der Waals surface area (Å²) in [7, 11) is 0. The highest BCUT2D eigenvalue weighted by molar-refractivity contribution is 5.48. The minimum absolute atomic E-state index is 0.00270. The molecule has 3 aliphatic rings. The topological polar surface area (TPSA) is 3.24 Å². The third-order valence-electron chi connectivity index (χ3n) is 3.86. The molecule has 2 heterocycles. The summed E-state index contributed by atoms with van der Waals surface area (Å²) in [6, 6.07) is 0.330. The van der Waals surface area contributed by atoms with Crippen molar-refractivity contribution in [1.29, 1.82) is 0 Å². The molecule has 1 aliphatic carbocycles. The Kier molecular flexibility index (Phi) is 2.00. The maximum Gasteiger partial charge on any atom is 0.255 e. The average Bonchev–Trinajstić information content (AvgIpc) is 2.52. The third-order valence-corrected chi connectivity index (χ3v) is 3.86. The number of fused-ring (bicyclic) bond motifs is 3. The predicted octanol–water partition coefficient (Wildman–Crippen LogP) is 3.26. The number of piperidine rings is 1. The van der Waals surface area contributed by atoms with Gasteiger partial charge >= 0.3 is 0 Å². The minimum Gasteiger partial charge on any atom is -0.367 e. The SMILES string of the molecule is CC1=C2CC(F)(F)CCN2C2CC=CC=C12. The molecule has 0 aromatic rings. The molecule has 0 aromatic carbocycles. The zero-order chi connectivity index (χ0) is 11.3. The van der Waals surface area contributed by atoms with Crippen molar-refractivity contribution in [2.45, 2.75) is 38.2 Å². The van der Waals surface area contributed by atoms with Crippen molar-refractivity contribution in [3.8, 4) is 0 Å². The highest BCUT2D eigenvalue weighted by atomic mass is 19.3. The fraction of sp³-hybridized carbons (Fsp3) is 0.538. The van der Waals surface area contributed by atoms with E-state index in [0.717, 1.165) is 17.7 Å². The van der Waals surface area contributed by atoms with Crippen LogP contribution in [0.15, 0.2) is 35.1 Å². The van der Waals surface area contributed by atoms with Crippen LogP contribution in [-0.2, 0) is 0 Å². The van der Waals surface area contributed by atoms with Crippen LogP contribution < -0.4 is 0 Å². The Hall–Kier alpha value is -1.12. The lowest BCUT2D eigenvalue weighted by molar-refractivity contribution is -0.0395. The molecule has 1 fully saturated rings. The van der Waals surface area contributed by atoms with Crippen molar-refractivity contribution in [1.82, 2.24) is 4.90 Å². The normalized spacial score (nSPS) is 31.3. The van der Waals surface area contributed by atoms with E-state index in [-0.39, 0.29) is 12.8 Å². The number of nitrogens with zero attached hydrogens (tertiary/aromatic N) is 1. The van der Waals surface area contributed by atoms with Gasteiger partial charge in [0.15, 0.2) is 0 Å². The van der Waals surface area contributed by atoms with Crippen LogP contribution in [0.25, 0.3) is 0 Å². The lowest BCUT2D eigenvalue weighted by Gasteiger charge is -2.37. The molecule has 1 nitrogen and oxygen atoms in total. The van der Waals surface area contributed by atoms with Gasteiger partial charge in [-0.2, -0.15) is 0 Å². The lowest BCUT2D eigenvalue weighted by atomic mass is 9.96. The lowest BCUT2D eigenvalue weighted by Crippen LogP contribution is -2.40. The van der Waals surface area contributed by atoms with E-state index in [1.807, 2.05) is 13.0 Å². The highest BCUT2D eigenvalue weighted by Gasteiger charge is 2.44. The maximum absolute atomic E-state index is 13.4. The molecule has 2 aliphatic heterocycles. The van der Waals surface area contributed by atoms with Gasteiger partial charge in [-0.1, -0.05) is 18.2 Å². The van der Waals surface area contributed by atoms with Crippen molar-refractivity contribution >= 4 is 0 Å². The van der Waals surface area contributed by atoms with Crippen molar-refractivity contribution in [3.05, 3.63) is 35.1 Å². The zero-order valence-corrected chi connectivity index (χ0v) is 9.34. The highest BCUT2D eigenvalue weighted by Crippen LogP contribution is 2.45. The molecule has 0 saturated carbocycles. The summed E-state index contributed by atoms with van der Waals surface area (Å²) in [5.41, 5.74) is 3.19. The largest absolute Gasteiger partial charge is 0.367 e. The molecule has 16 heavy (non-hydrogen) atoms.